The predicted octanol–water partition coefficient (Wildman–Crippen LogP) is 8.75. The fraction of sp³-hybridized carbons (Fsp3) is 0.417. The first-order valence-corrected chi connectivity index (χ1v) is 21.6. The third kappa shape index (κ3) is 8.42. The molecule has 14 nitrogen and oxygen atoms in total. The van der Waals surface area contributed by atoms with E-state index in [0.29, 0.717) is 43.9 Å². The molecule has 324 valence electrons. The van der Waals surface area contributed by atoms with Gasteiger partial charge in [0.05, 0.1) is 48.4 Å². The summed E-state index contributed by atoms with van der Waals surface area (Å²) < 4.78 is 4.83. The SMILES string of the molecule is COC(=O)N[C@@H](C(=O)N1CCC[C@H]1c1ncc(-c2ccc(-c3ccc(-c4cnc([C@@H]5CCCN5C(=O)C5(C)CCN(C(=O)O)C(C(C)(C)C)C5)[nH]4)cc3)cc2)[nH]1)c1ccccc1. The lowest BCUT2D eigenvalue weighted by Crippen LogP contribution is -2.57. The van der Waals surface area contributed by atoms with Gasteiger partial charge in [-0.05, 0) is 71.8 Å². The van der Waals surface area contributed by atoms with Crippen molar-refractivity contribution in [3.8, 4) is 33.6 Å². The summed E-state index contributed by atoms with van der Waals surface area (Å²) in [7, 11) is 1.28. The van der Waals surface area contributed by atoms with Crippen molar-refractivity contribution < 1.29 is 29.0 Å². The Labute approximate surface area is 362 Å². The van der Waals surface area contributed by atoms with Crippen LogP contribution in [0.25, 0.3) is 33.6 Å². The van der Waals surface area contributed by atoms with Crippen LogP contribution in [-0.4, -0.2) is 96.5 Å². The van der Waals surface area contributed by atoms with Crippen LogP contribution >= 0.6 is 0 Å². The molecular weight excluding hydrogens is 785 g/mol. The van der Waals surface area contributed by atoms with Gasteiger partial charge in [-0.3, -0.25) is 9.59 Å². The molecule has 0 saturated carbocycles. The molecule has 0 aliphatic carbocycles. The number of nitrogens with zero attached hydrogens (tertiary/aromatic N) is 5. The van der Waals surface area contributed by atoms with Crippen molar-refractivity contribution in [1.29, 1.82) is 0 Å². The van der Waals surface area contributed by atoms with Gasteiger partial charge in [-0.25, -0.2) is 19.6 Å². The number of piperidine rings is 1. The summed E-state index contributed by atoms with van der Waals surface area (Å²) in [6, 6.07) is 24.2. The highest BCUT2D eigenvalue weighted by Crippen LogP contribution is 2.45. The van der Waals surface area contributed by atoms with Gasteiger partial charge in [0, 0.05) is 25.7 Å². The molecular formula is C48H56N8O6. The number of imidazole rings is 2. The van der Waals surface area contributed by atoms with Crippen LogP contribution in [0.2, 0.25) is 0 Å². The van der Waals surface area contributed by atoms with E-state index in [0.717, 1.165) is 65.1 Å². The molecule has 3 aromatic carbocycles. The Balaban J connectivity index is 0.919. The van der Waals surface area contributed by atoms with E-state index in [1.54, 1.807) is 11.1 Å². The van der Waals surface area contributed by atoms with E-state index in [2.05, 4.69) is 63.8 Å². The summed E-state index contributed by atoms with van der Waals surface area (Å²) in [6.45, 7) is 9.69. The Morgan fingerprint density at radius 3 is 1.79 bits per heavy atom. The first-order valence-electron chi connectivity index (χ1n) is 21.6. The minimum absolute atomic E-state index is 0.0802. The molecule has 5 atom stereocenters. The zero-order valence-corrected chi connectivity index (χ0v) is 36.1. The van der Waals surface area contributed by atoms with Crippen LogP contribution in [0.4, 0.5) is 9.59 Å². The molecule has 4 N–H and O–H groups in total. The third-order valence-electron chi connectivity index (χ3n) is 13.1. The van der Waals surface area contributed by atoms with E-state index in [-0.39, 0.29) is 35.4 Å². The van der Waals surface area contributed by atoms with Gasteiger partial charge in [-0.15, -0.1) is 0 Å². The van der Waals surface area contributed by atoms with Crippen LogP contribution in [0.1, 0.15) is 102 Å². The minimum Gasteiger partial charge on any atom is -0.465 e. The fourth-order valence-electron chi connectivity index (χ4n) is 9.58. The lowest BCUT2D eigenvalue weighted by Gasteiger charge is -2.49. The maximum Gasteiger partial charge on any atom is 0.407 e. The number of aromatic amines is 2. The molecule has 2 unspecified atom stereocenters. The number of carbonyl (C=O) groups is 4. The van der Waals surface area contributed by atoms with Crippen LogP contribution in [0, 0.1) is 10.8 Å². The quantitative estimate of drug-likeness (QED) is 0.114. The number of hydrogen-bond acceptors (Lipinski definition) is 7. The van der Waals surface area contributed by atoms with Crippen LogP contribution < -0.4 is 5.32 Å². The second-order valence-corrected chi connectivity index (χ2v) is 18.2. The van der Waals surface area contributed by atoms with E-state index >= 15 is 0 Å². The largest absolute Gasteiger partial charge is 0.465 e. The lowest BCUT2D eigenvalue weighted by molar-refractivity contribution is -0.147. The predicted molar refractivity (Wildman–Crippen MR) is 234 cm³/mol. The summed E-state index contributed by atoms with van der Waals surface area (Å²) in [5.41, 5.74) is 5.52. The average molecular weight is 841 g/mol. The second kappa shape index (κ2) is 17.1. The van der Waals surface area contributed by atoms with Crippen molar-refractivity contribution in [3.05, 3.63) is 108 Å². The van der Waals surface area contributed by atoms with E-state index in [1.165, 1.54) is 12.0 Å². The zero-order chi connectivity index (χ0) is 43.8. The normalized spacial score (nSPS) is 22.1. The van der Waals surface area contributed by atoms with Gasteiger partial charge >= 0.3 is 12.2 Å². The number of methoxy groups -OCH3 is 1. The Bertz CT molecular complexity index is 2410. The monoisotopic (exact) mass is 840 g/mol. The summed E-state index contributed by atoms with van der Waals surface area (Å²) in [4.78, 5) is 74.2. The molecule has 4 amide bonds. The molecule has 8 rings (SSSR count). The molecule has 0 bridgehead atoms. The number of H-pyrrole nitrogens is 2. The third-order valence-corrected chi connectivity index (χ3v) is 13.1. The number of carbonyl (C=O) groups excluding carboxylic acids is 3. The number of rotatable bonds is 9. The number of amides is 4. The second-order valence-electron chi connectivity index (χ2n) is 18.2. The summed E-state index contributed by atoms with van der Waals surface area (Å²) in [5.74, 6) is 1.34. The first kappa shape index (κ1) is 42.3. The van der Waals surface area contributed by atoms with E-state index in [9.17, 15) is 24.3 Å². The van der Waals surface area contributed by atoms with Crippen LogP contribution in [0.5, 0.6) is 0 Å². The smallest absolute Gasteiger partial charge is 0.407 e. The van der Waals surface area contributed by atoms with Crippen molar-refractivity contribution in [2.45, 2.75) is 90.4 Å². The number of hydrogen-bond donors (Lipinski definition) is 4. The van der Waals surface area contributed by atoms with Gasteiger partial charge < -0.3 is 39.8 Å². The number of benzene rings is 3. The lowest BCUT2D eigenvalue weighted by atomic mass is 9.69. The highest BCUT2D eigenvalue weighted by Gasteiger charge is 2.50. The average Bonchev–Trinajstić information content (AvgIpc) is 4.12. The summed E-state index contributed by atoms with van der Waals surface area (Å²) >= 11 is 0. The molecule has 3 fully saturated rings. The number of ether oxygens (including phenoxy) is 1. The Kier molecular flexibility index (Phi) is 11.7. The van der Waals surface area contributed by atoms with Gasteiger partial charge in [0.15, 0.2) is 0 Å². The number of aromatic nitrogens is 4. The maximum absolute atomic E-state index is 14.3. The highest BCUT2D eigenvalue weighted by molar-refractivity contribution is 5.87. The van der Waals surface area contributed by atoms with Crippen LogP contribution in [-0.2, 0) is 14.3 Å². The molecule has 3 saturated heterocycles. The Morgan fingerprint density at radius 2 is 1.27 bits per heavy atom. The Hall–Kier alpha value is -6.44. The van der Waals surface area contributed by atoms with E-state index in [1.807, 2.05) is 69.1 Å². The van der Waals surface area contributed by atoms with E-state index < -0.39 is 23.6 Å². The van der Waals surface area contributed by atoms with Gasteiger partial charge in [0.2, 0.25) is 5.91 Å². The van der Waals surface area contributed by atoms with Gasteiger partial charge in [-0.1, -0.05) is 107 Å². The van der Waals surface area contributed by atoms with Crippen molar-refractivity contribution in [1.82, 2.24) is 40.0 Å². The highest BCUT2D eigenvalue weighted by atomic mass is 16.5. The molecule has 62 heavy (non-hydrogen) atoms. The van der Waals surface area contributed by atoms with E-state index in [4.69, 9.17) is 14.7 Å². The zero-order valence-electron chi connectivity index (χ0n) is 36.1. The van der Waals surface area contributed by atoms with Crippen molar-refractivity contribution in [2.75, 3.05) is 26.7 Å². The molecule has 0 radical (unpaired) electrons. The maximum atomic E-state index is 14.3. The topological polar surface area (TPSA) is 177 Å². The molecule has 5 aromatic rings. The molecule has 2 aromatic heterocycles. The molecule has 5 heterocycles. The number of carboxylic acid groups (broad SMARTS) is 1. The fourth-order valence-corrected chi connectivity index (χ4v) is 9.58. The first-order chi connectivity index (χ1) is 29.7. The molecule has 3 aliphatic rings. The summed E-state index contributed by atoms with van der Waals surface area (Å²) in [5, 5.41) is 12.6. The van der Waals surface area contributed by atoms with Gasteiger partial charge in [0.25, 0.3) is 5.91 Å². The van der Waals surface area contributed by atoms with Crippen molar-refractivity contribution in [3.63, 3.8) is 0 Å². The number of nitrogens with one attached hydrogen (secondary N) is 3. The van der Waals surface area contributed by atoms with Crippen LogP contribution in [0.3, 0.4) is 0 Å². The Morgan fingerprint density at radius 1 is 0.758 bits per heavy atom. The van der Waals surface area contributed by atoms with Crippen molar-refractivity contribution >= 4 is 24.0 Å². The standard InChI is InChI=1S/C48H56N8O6/c1-47(2,3)39-27-48(4,23-26-56(39)46(60)61)44(58)55-25-10-14-38(55)42-50-29-36(52-42)33-21-17-31(18-22-33)30-15-19-32(20-16-30)35-28-49-41(51-35)37-13-9-24-54(37)43(57)40(53-45(59)62-5)34-11-7-6-8-12-34/h6-8,11-12,15-22,28-29,37-40H,9-10,13-14,23-27H2,1-5H3,(H,49,51)(H,50,52)(H,53,59)(H,60,61)/t37-,38-,39?,40+,48?/m0/s1. The molecule has 14 heteroatoms. The number of alkyl carbamates (subject to hydrolysis) is 1. The molecule has 3 aliphatic heterocycles. The van der Waals surface area contributed by atoms with Crippen LogP contribution in [0.15, 0.2) is 91.3 Å². The molecule has 0 spiro atoms. The van der Waals surface area contributed by atoms with Gasteiger partial charge in [-0.2, -0.15) is 0 Å². The minimum atomic E-state index is -0.927. The van der Waals surface area contributed by atoms with Crippen molar-refractivity contribution in [2.24, 2.45) is 10.8 Å². The summed E-state index contributed by atoms with van der Waals surface area (Å²) in [6.07, 6.45) is 6.29. The van der Waals surface area contributed by atoms with Gasteiger partial charge in [0.1, 0.15) is 17.7 Å². The number of likely N-dealkylation sites (tertiary alicyclic amines) is 3.